The molecule has 190 valence electrons. The SMILES string of the molecule is COCCn1cc(-c2nc(N3CCCC3c3ccc(C)cc3)nc(Nc3ncc(C#N)s3)c2OC)cn1. The van der Waals surface area contributed by atoms with Gasteiger partial charge in [-0.25, -0.2) is 9.97 Å². The van der Waals surface area contributed by atoms with Gasteiger partial charge in [-0.05, 0) is 25.3 Å². The van der Waals surface area contributed by atoms with E-state index in [1.807, 2.05) is 10.9 Å². The molecule has 1 fully saturated rings. The molecule has 11 heteroatoms. The Morgan fingerprint density at radius 3 is 2.76 bits per heavy atom. The van der Waals surface area contributed by atoms with Gasteiger partial charge in [0.2, 0.25) is 5.95 Å². The molecule has 1 N–H and O–H groups in total. The predicted octanol–water partition coefficient (Wildman–Crippen LogP) is 4.72. The van der Waals surface area contributed by atoms with Crippen molar-refractivity contribution >= 4 is 28.2 Å². The van der Waals surface area contributed by atoms with Gasteiger partial charge in [0.05, 0.1) is 38.7 Å². The zero-order valence-corrected chi connectivity index (χ0v) is 21.8. The lowest BCUT2D eigenvalue weighted by Gasteiger charge is -2.26. The molecular weight excluding hydrogens is 488 g/mol. The summed E-state index contributed by atoms with van der Waals surface area (Å²) in [6.07, 6.45) is 7.29. The van der Waals surface area contributed by atoms with E-state index in [1.165, 1.54) is 28.7 Å². The normalized spacial score (nSPS) is 15.1. The van der Waals surface area contributed by atoms with Crippen molar-refractivity contribution < 1.29 is 9.47 Å². The van der Waals surface area contributed by atoms with E-state index in [2.05, 4.69) is 57.6 Å². The molecule has 10 nitrogen and oxygen atoms in total. The molecule has 5 rings (SSSR count). The second-order valence-corrected chi connectivity index (χ2v) is 9.80. The maximum absolute atomic E-state index is 9.23. The summed E-state index contributed by atoms with van der Waals surface area (Å²) in [6, 6.07) is 10.9. The van der Waals surface area contributed by atoms with Crippen LogP contribution in [0.4, 0.5) is 16.9 Å². The van der Waals surface area contributed by atoms with E-state index in [1.54, 1.807) is 20.4 Å². The summed E-state index contributed by atoms with van der Waals surface area (Å²) in [4.78, 5) is 17.0. The van der Waals surface area contributed by atoms with Crippen molar-refractivity contribution in [2.75, 3.05) is 37.6 Å². The van der Waals surface area contributed by atoms with Gasteiger partial charge < -0.3 is 19.7 Å². The lowest BCUT2D eigenvalue weighted by Crippen LogP contribution is -2.25. The van der Waals surface area contributed by atoms with Gasteiger partial charge in [-0.1, -0.05) is 41.2 Å². The van der Waals surface area contributed by atoms with Crippen molar-refractivity contribution in [2.24, 2.45) is 0 Å². The first-order valence-electron chi connectivity index (χ1n) is 12.0. The molecule has 37 heavy (non-hydrogen) atoms. The van der Waals surface area contributed by atoms with E-state index in [-0.39, 0.29) is 6.04 Å². The zero-order valence-electron chi connectivity index (χ0n) is 21.0. The number of thiazole rings is 1. The van der Waals surface area contributed by atoms with E-state index in [0.29, 0.717) is 46.4 Å². The van der Waals surface area contributed by atoms with Crippen LogP contribution in [0.25, 0.3) is 11.3 Å². The third-order valence-corrected chi connectivity index (χ3v) is 7.12. The van der Waals surface area contributed by atoms with Crippen LogP contribution in [-0.2, 0) is 11.3 Å². The molecule has 1 unspecified atom stereocenters. The van der Waals surface area contributed by atoms with Gasteiger partial charge in [-0.2, -0.15) is 15.3 Å². The monoisotopic (exact) mass is 516 g/mol. The summed E-state index contributed by atoms with van der Waals surface area (Å²) in [5, 5.41) is 17.5. The number of ether oxygens (including phenoxy) is 2. The van der Waals surface area contributed by atoms with Crippen LogP contribution in [-0.4, -0.2) is 52.1 Å². The van der Waals surface area contributed by atoms with E-state index in [0.717, 1.165) is 24.9 Å². The van der Waals surface area contributed by atoms with Crippen LogP contribution in [0.3, 0.4) is 0 Å². The summed E-state index contributed by atoms with van der Waals surface area (Å²) in [7, 11) is 3.26. The van der Waals surface area contributed by atoms with Crippen molar-refractivity contribution in [2.45, 2.75) is 32.4 Å². The number of methoxy groups -OCH3 is 2. The van der Waals surface area contributed by atoms with Gasteiger partial charge in [0.25, 0.3) is 0 Å². The van der Waals surface area contributed by atoms with Gasteiger partial charge in [0, 0.05) is 25.4 Å². The molecule has 1 aliphatic rings. The lowest BCUT2D eigenvalue weighted by molar-refractivity contribution is 0.183. The lowest BCUT2D eigenvalue weighted by atomic mass is 10.0. The molecule has 4 heterocycles. The van der Waals surface area contributed by atoms with Crippen LogP contribution in [0.1, 0.15) is 34.9 Å². The summed E-state index contributed by atoms with van der Waals surface area (Å²) in [5.74, 6) is 1.57. The van der Waals surface area contributed by atoms with Crippen LogP contribution >= 0.6 is 11.3 Å². The van der Waals surface area contributed by atoms with Gasteiger partial charge in [0.15, 0.2) is 16.7 Å². The fourth-order valence-electron chi connectivity index (χ4n) is 4.46. The molecule has 0 radical (unpaired) electrons. The van der Waals surface area contributed by atoms with Gasteiger partial charge in [-0.3, -0.25) is 4.68 Å². The van der Waals surface area contributed by atoms with Crippen molar-refractivity contribution in [1.29, 1.82) is 5.26 Å². The largest absolute Gasteiger partial charge is 0.491 e. The Kier molecular flexibility index (Phi) is 7.30. The van der Waals surface area contributed by atoms with Crippen molar-refractivity contribution in [3.63, 3.8) is 0 Å². The number of rotatable bonds is 9. The minimum Gasteiger partial charge on any atom is -0.491 e. The first kappa shape index (κ1) is 24.7. The number of aromatic nitrogens is 5. The average Bonchev–Trinajstić information content (AvgIpc) is 3.68. The number of nitrogens with zero attached hydrogens (tertiary/aromatic N) is 7. The molecule has 3 aromatic heterocycles. The molecule has 1 saturated heterocycles. The number of nitriles is 1. The van der Waals surface area contributed by atoms with Crippen molar-refractivity contribution in [1.82, 2.24) is 24.7 Å². The maximum Gasteiger partial charge on any atom is 0.228 e. The highest BCUT2D eigenvalue weighted by molar-refractivity contribution is 7.16. The van der Waals surface area contributed by atoms with E-state index < -0.39 is 0 Å². The Morgan fingerprint density at radius 2 is 2.03 bits per heavy atom. The second-order valence-electron chi connectivity index (χ2n) is 8.77. The van der Waals surface area contributed by atoms with E-state index in [4.69, 9.17) is 19.4 Å². The summed E-state index contributed by atoms with van der Waals surface area (Å²) in [6.45, 7) is 4.11. The predicted molar refractivity (Wildman–Crippen MR) is 142 cm³/mol. The third kappa shape index (κ3) is 5.26. The molecule has 0 bridgehead atoms. The smallest absolute Gasteiger partial charge is 0.228 e. The molecule has 1 aromatic carbocycles. The Bertz CT molecular complexity index is 1410. The first-order valence-corrected chi connectivity index (χ1v) is 12.8. The van der Waals surface area contributed by atoms with Crippen LogP contribution in [0.15, 0.2) is 42.9 Å². The number of nitrogens with one attached hydrogen (secondary N) is 1. The fraction of sp³-hybridized carbons (Fsp3) is 0.346. The standard InChI is InChI=1S/C26H28N8O2S/c1-17-6-8-18(9-7-17)21-5-4-10-34(21)25-30-22(19-14-29-33(16-19)11-12-35-2)23(36-3)24(31-25)32-26-28-15-20(13-27)37-26/h6-9,14-16,21H,4-5,10-12H2,1-3H3,(H,28,30,31,32). The summed E-state index contributed by atoms with van der Waals surface area (Å²) >= 11 is 1.26. The first-order chi connectivity index (χ1) is 18.1. The minimum atomic E-state index is 0.171. The van der Waals surface area contributed by atoms with E-state index in [9.17, 15) is 5.26 Å². The Balaban J connectivity index is 1.59. The Morgan fingerprint density at radius 1 is 1.19 bits per heavy atom. The average molecular weight is 517 g/mol. The second kappa shape index (κ2) is 10.9. The highest BCUT2D eigenvalue weighted by atomic mass is 32.1. The Labute approximate surface area is 219 Å². The highest BCUT2D eigenvalue weighted by Crippen LogP contribution is 2.41. The molecule has 1 atom stereocenters. The number of aryl methyl sites for hydroxylation is 1. The number of hydrogen-bond acceptors (Lipinski definition) is 10. The van der Waals surface area contributed by atoms with Crippen LogP contribution in [0, 0.1) is 18.3 Å². The van der Waals surface area contributed by atoms with Gasteiger partial charge in [0.1, 0.15) is 16.6 Å². The minimum absolute atomic E-state index is 0.171. The molecule has 0 saturated carbocycles. The molecule has 0 aliphatic carbocycles. The highest BCUT2D eigenvalue weighted by Gasteiger charge is 2.30. The van der Waals surface area contributed by atoms with Crippen LogP contribution in [0.2, 0.25) is 0 Å². The van der Waals surface area contributed by atoms with Crippen molar-refractivity contribution in [3.8, 4) is 23.1 Å². The number of benzene rings is 1. The molecular formula is C26H28N8O2S. The third-order valence-electron chi connectivity index (χ3n) is 6.30. The van der Waals surface area contributed by atoms with Crippen LogP contribution < -0.4 is 15.0 Å². The maximum atomic E-state index is 9.23. The number of anilines is 3. The molecule has 0 amide bonds. The number of hydrogen-bond donors (Lipinski definition) is 1. The fourth-order valence-corrected chi connectivity index (χ4v) is 5.07. The summed E-state index contributed by atoms with van der Waals surface area (Å²) in [5.41, 5.74) is 3.91. The molecule has 1 aliphatic heterocycles. The van der Waals surface area contributed by atoms with Crippen molar-refractivity contribution in [3.05, 3.63) is 58.9 Å². The topological polar surface area (TPSA) is 114 Å². The molecule has 0 spiro atoms. The summed E-state index contributed by atoms with van der Waals surface area (Å²) < 4.78 is 12.8. The molecule has 4 aromatic rings. The quantitative estimate of drug-likeness (QED) is 0.337. The van der Waals surface area contributed by atoms with Crippen LogP contribution in [0.5, 0.6) is 5.75 Å². The van der Waals surface area contributed by atoms with Gasteiger partial charge in [-0.15, -0.1) is 0 Å². The van der Waals surface area contributed by atoms with E-state index >= 15 is 0 Å². The van der Waals surface area contributed by atoms with Gasteiger partial charge >= 0.3 is 0 Å². The Hall–Kier alpha value is -4.01. The zero-order chi connectivity index (χ0) is 25.8.